The summed E-state index contributed by atoms with van der Waals surface area (Å²) in [7, 11) is 0. The van der Waals surface area contributed by atoms with Crippen molar-refractivity contribution in [1.82, 2.24) is 9.97 Å². The Bertz CT molecular complexity index is 1020. The highest BCUT2D eigenvalue weighted by atomic mass is 16.6. The number of ether oxygens (including phenoxy) is 1. The third-order valence-corrected chi connectivity index (χ3v) is 5.11. The molecule has 0 aliphatic carbocycles. The molecule has 0 saturated carbocycles. The second kappa shape index (κ2) is 9.29. The van der Waals surface area contributed by atoms with Crippen LogP contribution in [-0.4, -0.2) is 47.7 Å². The molecular weight excluding hydrogens is 396 g/mol. The van der Waals surface area contributed by atoms with Crippen molar-refractivity contribution in [2.24, 2.45) is 0 Å². The quantitative estimate of drug-likeness (QED) is 0.455. The van der Waals surface area contributed by atoms with Crippen LogP contribution in [0.2, 0.25) is 0 Å². The van der Waals surface area contributed by atoms with E-state index in [2.05, 4.69) is 32.3 Å². The van der Waals surface area contributed by atoms with Crippen LogP contribution in [0.1, 0.15) is 6.92 Å². The molecule has 1 aliphatic heterocycles. The lowest BCUT2D eigenvalue weighted by Gasteiger charge is -2.36. The average molecular weight is 420 g/mol. The first-order valence-corrected chi connectivity index (χ1v) is 10.2. The van der Waals surface area contributed by atoms with Gasteiger partial charge in [-0.3, -0.25) is 10.1 Å². The van der Waals surface area contributed by atoms with Gasteiger partial charge in [0.15, 0.2) is 0 Å². The van der Waals surface area contributed by atoms with Gasteiger partial charge in [0.1, 0.15) is 12.1 Å². The first-order chi connectivity index (χ1) is 15.2. The van der Waals surface area contributed by atoms with Crippen LogP contribution in [0, 0.1) is 10.1 Å². The van der Waals surface area contributed by atoms with E-state index in [0.717, 1.165) is 24.5 Å². The predicted octanol–water partition coefficient (Wildman–Crippen LogP) is 3.85. The van der Waals surface area contributed by atoms with Crippen LogP contribution in [0.25, 0.3) is 0 Å². The molecule has 160 valence electrons. The molecule has 0 amide bonds. The van der Waals surface area contributed by atoms with E-state index in [4.69, 9.17) is 4.74 Å². The minimum Gasteiger partial charge on any atom is -0.494 e. The van der Waals surface area contributed by atoms with Crippen LogP contribution >= 0.6 is 0 Å². The molecule has 2 aromatic carbocycles. The zero-order valence-electron chi connectivity index (χ0n) is 17.3. The second-order valence-corrected chi connectivity index (χ2v) is 7.04. The van der Waals surface area contributed by atoms with Crippen molar-refractivity contribution in [2.75, 3.05) is 47.9 Å². The molecule has 1 aromatic heterocycles. The van der Waals surface area contributed by atoms with Crippen LogP contribution in [-0.2, 0) is 0 Å². The average Bonchev–Trinajstić information content (AvgIpc) is 2.81. The largest absolute Gasteiger partial charge is 0.494 e. The Hall–Kier alpha value is -3.88. The van der Waals surface area contributed by atoms with E-state index in [0.29, 0.717) is 31.2 Å². The molecule has 0 spiro atoms. The Labute approximate surface area is 180 Å². The van der Waals surface area contributed by atoms with Gasteiger partial charge in [0.2, 0.25) is 11.6 Å². The highest BCUT2D eigenvalue weighted by Gasteiger charge is 2.29. The van der Waals surface area contributed by atoms with Crippen molar-refractivity contribution in [3.63, 3.8) is 0 Å². The maximum Gasteiger partial charge on any atom is 0.353 e. The monoisotopic (exact) mass is 420 g/mol. The van der Waals surface area contributed by atoms with E-state index in [1.54, 1.807) is 12.1 Å². The molecule has 9 nitrogen and oxygen atoms in total. The van der Waals surface area contributed by atoms with Crippen LogP contribution in [0.3, 0.4) is 0 Å². The van der Waals surface area contributed by atoms with Crippen molar-refractivity contribution in [3.8, 4) is 5.75 Å². The third-order valence-electron chi connectivity index (χ3n) is 5.11. The van der Waals surface area contributed by atoms with Gasteiger partial charge in [0.05, 0.1) is 11.5 Å². The number of piperazine rings is 1. The smallest absolute Gasteiger partial charge is 0.353 e. The summed E-state index contributed by atoms with van der Waals surface area (Å²) >= 11 is 0. The molecule has 0 radical (unpaired) electrons. The number of hydrogen-bond acceptors (Lipinski definition) is 8. The van der Waals surface area contributed by atoms with Crippen LogP contribution in [0.5, 0.6) is 5.75 Å². The van der Waals surface area contributed by atoms with Crippen molar-refractivity contribution < 1.29 is 9.66 Å². The number of rotatable bonds is 7. The minimum atomic E-state index is -0.421. The SMILES string of the molecule is CCOc1ccc(Nc2ncnc(N3CCN(c4ccccc4)CC3)c2[N+](=O)[O-])cc1. The maximum absolute atomic E-state index is 11.9. The second-order valence-electron chi connectivity index (χ2n) is 7.04. The predicted molar refractivity (Wildman–Crippen MR) is 120 cm³/mol. The number of nitrogens with zero attached hydrogens (tertiary/aromatic N) is 5. The van der Waals surface area contributed by atoms with Crippen LogP contribution < -0.4 is 19.9 Å². The van der Waals surface area contributed by atoms with Crippen molar-refractivity contribution in [2.45, 2.75) is 6.92 Å². The molecule has 2 heterocycles. The highest BCUT2D eigenvalue weighted by Crippen LogP contribution is 2.34. The first kappa shape index (κ1) is 20.4. The molecule has 31 heavy (non-hydrogen) atoms. The summed E-state index contributed by atoms with van der Waals surface area (Å²) in [5.41, 5.74) is 1.71. The fraction of sp³-hybridized carbons (Fsp3) is 0.273. The van der Waals surface area contributed by atoms with E-state index >= 15 is 0 Å². The molecule has 9 heteroatoms. The minimum absolute atomic E-state index is 0.121. The molecule has 3 aromatic rings. The number of aromatic nitrogens is 2. The molecule has 1 N–H and O–H groups in total. The Morgan fingerprint density at radius 1 is 1.00 bits per heavy atom. The van der Waals surface area contributed by atoms with Gasteiger partial charge in [-0.1, -0.05) is 18.2 Å². The third kappa shape index (κ3) is 4.66. The van der Waals surface area contributed by atoms with E-state index in [1.165, 1.54) is 6.33 Å². The lowest BCUT2D eigenvalue weighted by Crippen LogP contribution is -2.47. The van der Waals surface area contributed by atoms with Gasteiger partial charge in [-0.25, -0.2) is 9.97 Å². The number of para-hydroxylation sites is 1. The standard InChI is InChI=1S/C22H24N6O3/c1-2-31-19-10-8-17(9-11-19)25-21-20(28(29)30)22(24-16-23-21)27-14-12-26(13-15-27)18-6-4-3-5-7-18/h3-11,16H,2,12-15H2,1H3,(H,23,24,25). The Morgan fingerprint density at radius 3 is 2.32 bits per heavy atom. The van der Waals surface area contributed by atoms with Crippen molar-refractivity contribution >= 4 is 28.7 Å². The van der Waals surface area contributed by atoms with Gasteiger partial charge in [-0.2, -0.15) is 0 Å². The number of anilines is 4. The summed E-state index contributed by atoms with van der Waals surface area (Å²) in [6, 6.07) is 17.4. The molecule has 1 saturated heterocycles. The van der Waals surface area contributed by atoms with Crippen LogP contribution in [0.4, 0.5) is 28.7 Å². The summed E-state index contributed by atoms with van der Waals surface area (Å²) in [6.07, 6.45) is 1.36. The van der Waals surface area contributed by atoms with Gasteiger partial charge in [0.25, 0.3) is 0 Å². The van der Waals surface area contributed by atoms with Gasteiger partial charge in [-0.05, 0) is 43.3 Å². The van der Waals surface area contributed by atoms with Gasteiger partial charge in [-0.15, -0.1) is 0 Å². The molecule has 0 unspecified atom stereocenters. The first-order valence-electron chi connectivity index (χ1n) is 10.2. The molecule has 1 fully saturated rings. The van der Waals surface area contributed by atoms with Crippen LogP contribution in [0.15, 0.2) is 60.9 Å². The summed E-state index contributed by atoms with van der Waals surface area (Å²) in [5.74, 6) is 1.24. The van der Waals surface area contributed by atoms with E-state index in [-0.39, 0.29) is 11.5 Å². The Balaban J connectivity index is 1.53. The Morgan fingerprint density at radius 2 is 1.68 bits per heavy atom. The lowest BCUT2D eigenvalue weighted by molar-refractivity contribution is -0.383. The van der Waals surface area contributed by atoms with Gasteiger partial charge >= 0.3 is 5.69 Å². The number of nitro groups is 1. The van der Waals surface area contributed by atoms with E-state index in [1.807, 2.05) is 42.2 Å². The zero-order valence-corrected chi connectivity index (χ0v) is 17.3. The summed E-state index contributed by atoms with van der Waals surface area (Å²) in [4.78, 5) is 24.1. The maximum atomic E-state index is 11.9. The molecule has 0 bridgehead atoms. The zero-order chi connectivity index (χ0) is 21.6. The van der Waals surface area contributed by atoms with Gasteiger partial charge in [0, 0.05) is 37.6 Å². The summed E-state index contributed by atoms with van der Waals surface area (Å²) in [6.45, 7) is 5.27. The molecule has 1 aliphatic rings. The fourth-order valence-corrected chi connectivity index (χ4v) is 3.61. The molecule has 4 rings (SSSR count). The highest BCUT2D eigenvalue weighted by molar-refractivity contribution is 5.74. The lowest BCUT2D eigenvalue weighted by atomic mass is 10.2. The van der Waals surface area contributed by atoms with Gasteiger partial charge < -0.3 is 19.9 Å². The fourth-order valence-electron chi connectivity index (χ4n) is 3.61. The number of benzene rings is 2. The number of hydrogen-bond donors (Lipinski definition) is 1. The normalized spacial score (nSPS) is 13.7. The van der Waals surface area contributed by atoms with E-state index < -0.39 is 4.92 Å². The van der Waals surface area contributed by atoms with Crippen molar-refractivity contribution in [3.05, 3.63) is 71.0 Å². The summed E-state index contributed by atoms with van der Waals surface area (Å²) in [5, 5.41) is 15.0. The Kier molecular flexibility index (Phi) is 6.11. The molecular formula is C22H24N6O3. The molecule has 0 atom stereocenters. The van der Waals surface area contributed by atoms with E-state index in [9.17, 15) is 10.1 Å². The number of nitrogens with one attached hydrogen (secondary N) is 1. The topological polar surface area (TPSA) is 96.7 Å². The summed E-state index contributed by atoms with van der Waals surface area (Å²) < 4.78 is 5.44. The van der Waals surface area contributed by atoms with Crippen molar-refractivity contribution in [1.29, 1.82) is 0 Å².